The predicted molar refractivity (Wildman–Crippen MR) is 74.0 cm³/mol. The predicted octanol–water partition coefficient (Wildman–Crippen LogP) is 1.18. The van der Waals surface area contributed by atoms with E-state index in [2.05, 4.69) is 32.2 Å². The van der Waals surface area contributed by atoms with Crippen LogP contribution in [0.2, 0.25) is 0 Å². The lowest BCUT2D eigenvalue weighted by Crippen LogP contribution is -2.34. The zero-order valence-corrected chi connectivity index (χ0v) is 11.6. The van der Waals surface area contributed by atoms with E-state index in [9.17, 15) is 0 Å². The first-order chi connectivity index (χ1) is 9.26. The van der Waals surface area contributed by atoms with E-state index in [0.717, 1.165) is 19.0 Å². The summed E-state index contributed by atoms with van der Waals surface area (Å²) in [6, 6.07) is 0.313. The van der Waals surface area contributed by atoms with Crippen LogP contribution in [0.1, 0.15) is 33.1 Å². The summed E-state index contributed by atoms with van der Waals surface area (Å²) in [7, 11) is 0. The molecule has 0 spiro atoms. The van der Waals surface area contributed by atoms with E-state index in [-0.39, 0.29) is 0 Å². The summed E-state index contributed by atoms with van der Waals surface area (Å²) in [4.78, 5) is 14.9. The topological polar surface area (TPSA) is 89.2 Å². The molecule has 19 heavy (non-hydrogen) atoms. The van der Waals surface area contributed by atoms with Crippen LogP contribution < -0.4 is 20.9 Å². The molecule has 1 aromatic rings. The lowest BCUT2D eigenvalue weighted by Gasteiger charge is -2.31. The lowest BCUT2D eigenvalue weighted by molar-refractivity contribution is 0.307. The Kier molecular flexibility index (Phi) is 4.73. The van der Waals surface area contributed by atoms with Gasteiger partial charge in [-0.2, -0.15) is 15.0 Å². The first-order valence-corrected chi connectivity index (χ1v) is 6.87. The van der Waals surface area contributed by atoms with Crippen molar-refractivity contribution in [3.63, 3.8) is 0 Å². The van der Waals surface area contributed by atoms with Crippen LogP contribution in [0.25, 0.3) is 0 Å². The van der Waals surface area contributed by atoms with Gasteiger partial charge in [-0.15, -0.1) is 0 Å². The van der Waals surface area contributed by atoms with Gasteiger partial charge in [-0.3, -0.25) is 5.43 Å². The number of nitrogens with two attached hydrogens (primary N) is 1. The van der Waals surface area contributed by atoms with Gasteiger partial charge in [0.2, 0.25) is 11.9 Å². The molecule has 1 aliphatic carbocycles. The molecule has 2 rings (SSSR count). The van der Waals surface area contributed by atoms with Gasteiger partial charge in [-0.05, 0) is 32.6 Å². The highest BCUT2D eigenvalue weighted by Crippen LogP contribution is 2.28. The quantitative estimate of drug-likeness (QED) is 0.566. The summed E-state index contributed by atoms with van der Waals surface area (Å²) in [5.41, 5.74) is 2.46. The molecule has 1 heterocycles. The molecular formula is C12H22N6O. The molecule has 0 atom stereocenters. The van der Waals surface area contributed by atoms with Crippen molar-refractivity contribution in [2.75, 3.05) is 30.0 Å². The van der Waals surface area contributed by atoms with E-state index in [1.165, 1.54) is 19.3 Å². The number of hydrazine groups is 1. The molecule has 0 saturated heterocycles. The Hall–Kier alpha value is -1.63. The van der Waals surface area contributed by atoms with Crippen LogP contribution in [-0.4, -0.2) is 34.6 Å². The fourth-order valence-electron chi connectivity index (χ4n) is 2.08. The van der Waals surface area contributed by atoms with Crippen LogP contribution in [0.5, 0.6) is 6.01 Å². The third kappa shape index (κ3) is 3.44. The second-order valence-corrected chi connectivity index (χ2v) is 4.65. The standard InChI is InChI=1S/C12H22N6O/c1-3-18(8-9-6-5-7-9)11-14-10(17-13)15-12(16-11)19-4-2/h9H,3-8,13H2,1-2H3,(H,14,15,16,17). The maximum Gasteiger partial charge on any atom is 0.323 e. The van der Waals surface area contributed by atoms with Crippen molar-refractivity contribution in [3.8, 4) is 6.01 Å². The second kappa shape index (κ2) is 6.51. The molecule has 3 N–H and O–H groups in total. The van der Waals surface area contributed by atoms with Gasteiger partial charge in [-0.1, -0.05) is 6.42 Å². The van der Waals surface area contributed by atoms with Crippen molar-refractivity contribution < 1.29 is 4.74 Å². The number of hydrogen-bond acceptors (Lipinski definition) is 7. The van der Waals surface area contributed by atoms with Crippen molar-refractivity contribution in [1.82, 2.24) is 15.0 Å². The fraction of sp³-hybridized carbons (Fsp3) is 0.750. The van der Waals surface area contributed by atoms with Crippen molar-refractivity contribution in [3.05, 3.63) is 0 Å². The molecule has 0 unspecified atom stereocenters. The minimum Gasteiger partial charge on any atom is -0.464 e. The van der Waals surface area contributed by atoms with Crippen molar-refractivity contribution in [2.45, 2.75) is 33.1 Å². The van der Waals surface area contributed by atoms with E-state index in [1.807, 2.05) is 6.92 Å². The molecule has 1 aliphatic rings. The van der Waals surface area contributed by atoms with Gasteiger partial charge >= 0.3 is 6.01 Å². The van der Waals surface area contributed by atoms with Crippen LogP contribution in [0, 0.1) is 5.92 Å². The van der Waals surface area contributed by atoms with Gasteiger partial charge in [0.25, 0.3) is 0 Å². The molecule has 0 amide bonds. The Labute approximate surface area is 113 Å². The van der Waals surface area contributed by atoms with E-state index in [4.69, 9.17) is 10.6 Å². The highest BCUT2D eigenvalue weighted by molar-refractivity contribution is 5.37. The number of rotatable bonds is 7. The van der Waals surface area contributed by atoms with Crippen molar-refractivity contribution >= 4 is 11.9 Å². The van der Waals surface area contributed by atoms with E-state index >= 15 is 0 Å². The van der Waals surface area contributed by atoms with E-state index in [1.54, 1.807) is 0 Å². The molecule has 0 bridgehead atoms. The molecule has 1 saturated carbocycles. The molecule has 7 nitrogen and oxygen atoms in total. The molecule has 106 valence electrons. The van der Waals surface area contributed by atoms with E-state index < -0.39 is 0 Å². The number of nitrogen functional groups attached to an aromatic ring is 1. The summed E-state index contributed by atoms with van der Waals surface area (Å²) in [5.74, 6) is 7.10. The molecule has 7 heteroatoms. The zero-order valence-electron chi connectivity index (χ0n) is 11.6. The highest BCUT2D eigenvalue weighted by Gasteiger charge is 2.22. The molecule has 1 aromatic heterocycles. The van der Waals surface area contributed by atoms with Crippen molar-refractivity contribution in [1.29, 1.82) is 0 Å². The SMILES string of the molecule is CCOc1nc(NN)nc(N(CC)CC2CCC2)n1. The molecule has 0 aliphatic heterocycles. The minimum atomic E-state index is 0.313. The molecule has 1 fully saturated rings. The Morgan fingerprint density at radius 1 is 1.32 bits per heavy atom. The number of aromatic nitrogens is 3. The minimum absolute atomic E-state index is 0.313. The van der Waals surface area contributed by atoms with Crippen LogP contribution in [0.15, 0.2) is 0 Å². The summed E-state index contributed by atoms with van der Waals surface area (Å²) in [6.45, 7) is 6.34. The average molecular weight is 266 g/mol. The summed E-state index contributed by atoms with van der Waals surface area (Å²) in [5, 5.41) is 0. The van der Waals surface area contributed by atoms with Gasteiger partial charge in [-0.25, -0.2) is 5.84 Å². The maximum absolute atomic E-state index is 5.39. The van der Waals surface area contributed by atoms with Crippen molar-refractivity contribution in [2.24, 2.45) is 11.8 Å². The number of nitrogens with one attached hydrogen (secondary N) is 1. The van der Waals surface area contributed by atoms with Gasteiger partial charge in [0.05, 0.1) is 6.61 Å². The molecule has 0 radical (unpaired) electrons. The number of nitrogens with zero attached hydrogens (tertiary/aromatic N) is 4. The number of ether oxygens (including phenoxy) is 1. The van der Waals surface area contributed by atoms with Crippen LogP contribution in [0.4, 0.5) is 11.9 Å². The lowest BCUT2D eigenvalue weighted by atomic mass is 9.85. The van der Waals surface area contributed by atoms with Crippen LogP contribution >= 0.6 is 0 Å². The fourth-order valence-corrected chi connectivity index (χ4v) is 2.08. The second-order valence-electron chi connectivity index (χ2n) is 4.65. The van der Waals surface area contributed by atoms with Gasteiger partial charge < -0.3 is 9.64 Å². The maximum atomic E-state index is 5.39. The highest BCUT2D eigenvalue weighted by atomic mass is 16.5. The monoisotopic (exact) mass is 266 g/mol. The Morgan fingerprint density at radius 2 is 2.11 bits per heavy atom. The zero-order chi connectivity index (χ0) is 13.7. The molecule has 0 aromatic carbocycles. The number of anilines is 2. The Balaban J connectivity index is 2.16. The number of hydrogen-bond donors (Lipinski definition) is 2. The smallest absolute Gasteiger partial charge is 0.323 e. The first-order valence-electron chi connectivity index (χ1n) is 6.87. The largest absolute Gasteiger partial charge is 0.464 e. The van der Waals surface area contributed by atoms with Gasteiger partial charge in [0, 0.05) is 13.1 Å². The molecular weight excluding hydrogens is 244 g/mol. The first kappa shape index (κ1) is 13.8. The van der Waals surface area contributed by atoms with Crippen LogP contribution in [0.3, 0.4) is 0 Å². The Bertz CT molecular complexity index is 409. The average Bonchev–Trinajstić information content (AvgIpc) is 2.37. The van der Waals surface area contributed by atoms with Gasteiger partial charge in [0.15, 0.2) is 0 Å². The third-order valence-corrected chi connectivity index (χ3v) is 3.37. The van der Waals surface area contributed by atoms with Crippen LogP contribution in [-0.2, 0) is 0 Å². The normalized spacial score (nSPS) is 14.9. The third-order valence-electron chi connectivity index (χ3n) is 3.37. The summed E-state index contributed by atoms with van der Waals surface area (Å²) >= 11 is 0. The summed E-state index contributed by atoms with van der Waals surface area (Å²) < 4.78 is 5.34. The van der Waals surface area contributed by atoms with Gasteiger partial charge in [0.1, 0.15) is 0 Å². The van der Waals surface area contributed by atoms with E-state index in [0.29, 0.717) is 24.5 Å². The Morgan fingerprint density at radius 3 is 2.63 bits per heavy atom. The summed E-state index contributed by atoms with van der Waals surface area (Å²) in [6.07, 6.45) is 3.92.